The van der Waals surface area contributed by atoms with E-state index in [1.54, 1.807) is 24.3 Å². The summed E-state index contributed by atoms with van der Waals surface area (Å²) in [5.74, 6) is -0.596. The molecule has 0 saturated carbocycles. The summed E-state index contributed by atoms with van der Waals surface area (Å²) >= 11 is 10.6. The van der Waals surface area contributed by atoms with E-state index in [-0.39, 0.29) is 11.6 Å². The molecule has 0 atom stereocenters. The first-order chi connectivity index (χ1) is 16.4. The van der Waals surface area contributed by atoms with Gasteiger partial charge in [0.1, 0.15) is 11.6 Å². The largest absolute Gasteiger partial charge is 0.332 e. The van der Waals surface area contributed by atoms with E-state index >= 15 is 0 Å². The highest BCUT2D eigenvalue weighted by atomic mass is 32.1. The Kier molecular flexibility index (Phi) is 7.41. The monoisotopic (exact) mass is 490 g/mol. The first-order valence-corrected chi connectivity index (χ1v) is 11.1. The molecule has 170 valence electrons. The molecule has 0 amide bonds. The van der Waals surface area contributed by atoms with Crippen LogP contribution in [0.25, 0.3) is 11.1 Å². The van der Waals surface area contributed by atoms with Gasteiger partial charge in [0, 0.05) is 22.7 Å². The van der Waals surface area contributed by atoms with Gasteiger partial charge in [-0.15, -0.1) is 0 Å². The Balaban J connectivity index is 1.31. The van der Waals surface area contributed by atoms with Crippen LogP contribution in [0.4, 0.5) is 31.5 Å². The number of benzene rings is 4. The lowest BCUT2D eigenvalue weighted by Crippen LogP contribution is -2.19. The standard InChI is InChI=1S/C26H20F2N4S2/c27-19-5-13-23(14-6-19)31-25(33)29-21-9-1-17(2-10-21)18-3-11-22(12-4-18)30-26(34)32-24-15-7-20(28)8-16-24/h1-16H,(H2,29,31,33)(H2,30,32,34). The van der Waals surface area contributed by atoms with Crippen LogP contribution in [0.2, 0.25) is 0 Å². The van der Waals surface area contributed by atoms with Gasteiger partial charge < -0.3 is 21.3 Å². The van der Waals surface area contributed by atoms with Gasteiger partial charge in [0.05, 0.1) is 0 Å². The third-order valence-electron chi connectivity index (χ3n) is 4.82. The number of hydrogen-bond donors (Lipinski definition) is 4. The number of nitrogens with one attached hydrogen (secondary N) is 4. The van der Waals surface area contributed by atoms with Crippen molar-refractivity contribution in [2.45, 2.75) is 0 Å². The first-order valence-electron chi connectivity index (χ1n) is 10.3. The van der Waals surface area contributed by atoms with Crippen molar-refractivity contribution in [3.8, 4) is 11.1 Å². The van der Waals surface area contributed by atoms with E-state index in [0.29, 0.717) is 21.6 Å². The summed E-state index contributed by atoms with van der Waals surface area (Å²) in [6.07, 6.45) is 0. The van der Waals surface area contributed by atoms with E-state index < -0.39 is 0 Å². The van der Waals surface area contributed by atoms with Crippen molar-refractivity contribution >= 4 is 57.4 Å². The van der Waals surface area contributed by atoms with E-state index in [2.05, 4.69) is 21.3 Å². The predicted molar refractivity (Wildman–Crippen MR) is 144 cm³/mol. The van der Waals surface area contributed by atoms with Crippen molar-refractivity contribution in [1.82, 2.24) is 0 Å². The Bertz CT molecular complexity index is 1170. The fourth-order valence-electron chi connectivity index (χ4n) is 3.15. The van der Waals surface area contributed by atoms with Crippen LogP contribution in [0, 0.1) is 11.6 Å². The van der Waals surface area contributed by atoms with Gasteiger partial charge in [0.25, 0.3) is 0 Å². The molecule has 4 rings (SSSR count). The minimum Gasteiger partial charge on any atom is -0.332 e. The molecule has 0 saturated heterocycles. The van der Waals surface area contributed by atoms with Crippen molar-refractivity contribution in [2.75, 3.05) is 21.3 Å². The average Bonchev–Trinajstić information content (AvgIpc) is 2.83. The van der Waals surface area contributed by atoms with Gasteiger partial charge in [-0.1, -0.05) is 24.3 Å². The summed E-state index contributed by atoms with van der Waals surface area (Å²) in [6, 6.07) is 27.7. The maximum absolute atomic E-state index is 13.0. The lowest BCUT2D eigenvalue weighted by Gasteiger charge is -2.12. The van der Waals surface area contributed by atoms with Gasteiger partial charge in [-0.2, -0.15) is 0 Å². The van der Waals surface area contributed by atoms with Gasteiger partial charge in [0.15, 0.2) is 10.2 Å². The average molecular weight is 491 g/mol. The quantitative estimate of drug-likeness (QED) is 0.221. The molecule has 34 heavy (non-hydrogen) atoms. The number of thiocarbonyl (C=S) groups is 2. The van der Waals surface area contributed by atoms with Crippen molar-refractivity contribution in [3.63, 3.8) is 0 Å². The Morgan fingerprint density at radius 2 is 0.647 bits per heavy atom. The van der Waals surface area contributed by atoms with Crippen molar-refractivity contribution < 1.29 is 8.78 Å². The van der Waals surface area contributed by atoms with E-state index in [4.69, 9.17) is 24.4 Å². The zero-order valence-corrected chi connectivity index (χ0v) is 19.4. The molecule has 0 aliphatic carbocycles. The fraction of sp³-hybridized carbons (Fsp3) is 0. The molecular formula is C26H20F2N4S2. The minimum atomic E-state index is -0.298. The molecule has 4 aromatic carbocycles. The second-order valence-electron chi connectivity index (χ2n) is 7.33. The Labute approximate surface area is 207 Å². The van der Waals surface area contributed by atoms with E-state index in [0.717, 1.165) is 22.5 Å². The number of anilines is 4. The molecule has 0 aliphatic heterocycles. The second-order valence-corrected chi connectivity index (χ2v) is 8.14. The molecule has 0 spiro atoms. The zero-order valence-electron chi connectivity index (χ0n) is 17.8. The SMILES string of the molecule is Fc1ccc(NC(=S)Nc2ccc(-c3ccc(NC(=S)Nc4ccc(F)cc4)cc3)cc2)cc1. The molecule has 0 bridgehead atoms. The van der Waals surface area contributed by atoms with Crippen LogP contribution in [0.5, 0.6) is 0 Å². The molecule has 0 fully saturated rings. The normalized spacial score (nSPS) is 10.3. The van der Waals surface area contributed by atoms with Gasteiger partial charge >= 0.3 is 0 Å². The third kappa shape index (κ3) is 6.57. The Morgan fingerprint density at radius 3 is 0.912 bits per heavy atom. The topological polar surface area (TPSA) is 48.1 Å². The number of halogens is 2. The first kappa shape index (κ1) is 23.3. The number of rotatable bonds is 5. The molecular weight excluding hydrogens is 470 g/mol. The van der Waals surface area contributed by atoms with E-state index in [1.807, 2.05) is 48.5 Å². The van der Waals surface area contributed by atoms with Crippen LogP contribution in [-0.2, 0) is 0 Å². The molecule has 0 radical (unpaired) electrons. The van der Waals surface area contributed by atoms with Gasteiger partial charge in [-0.25, -0.2) is 8.78 Å². The third-order valence-corrected chi connectivity index (χ3v) is 5.23. The minimum absolute atomic E-state index is 0.298. The lowest BCUT2D eigenvalue weighted by molar-refractivity contribution is 0.627. The molecule has 4 aromatic rings. The van der Waals surface area contributed by atoms with E-state index in [9.17, 15) is 8.78 Å². The Hall–Kier alpha value is -3.88. The maximum atomic E-state index is 13.0. The van der Waals surface area contributed by atoms with E-state index in [1.165, 1.54) is 24.3 Å². The van der Waals surface area contributed by atoms with Gasteiger partial charge in [-0.05, 0) is 108 Å². The zero-order chi connectivity index (χ0) is 23.9. The van der Waals surface area contributed by atoms with Crippen LogP contribution in [0.3, 0.4) is 0 Å². The van der Waals surface area contributed by atoms with Crippen LogP contribution < -0.4 is 21.3 Å². The number of hydrogen-bond acceptors (Lipinski definition) is 2. The molecule has 8 heteroatoms. The highest BCUT2D eigenvalue weighted by Crippen LogP contribution is 2.23. The molecule has 0 unspecified atom stereocenters. The van der Waals surface area contributed by atoms with Crippen LogP contribution in [-0.4, -0.2) is 10.2 Å². The fourth-order valence-corrected chi connectivity index (χ4v) is 3.62. The lowest BCUT2D eigenvalue weighted by atomic mass is 10.1. The summed E-state index contributed by atoms with van der Waals surface area (Å²) in [6.45, 7) is 0. The highest BCUT2D eigenvalue weighted by Gasteiger charge is 2.04. The molecule has 0 aliphatic rings. The van der Waals surface area contributed by atoms with Crippen molar-refractivity contribution in [3.05, 3.63) is 109 Å². The predicted octanol–water partition coefficient (Wildman–Crippen LogP) is 7.25. The second kappa shape index (κ2) is 10.8. The molecule has 4 N–H and O–H groups in total. The summed E-state index contributed by atoms with van der Waals surface area (Å²) in [4.78, 5) is 0. The maximum Gasteiger partial charge on any atom is 0.175 e. The molecule has 0 aromatic heterocycles. The highest BCUT2D eigenvalue weighted by molar-refractivity contribution is 7.81. The van der Waals surface area contributed by atoms with Crippen molar-refractivity contribution in [2.24, 2.45) is 0 Å². The molecule has 0 heterocycles. The summed E-state index contributed by atoms with van der Waals surface area (Å²) < 4.78 is 26.0. The Morgan fingerprint density at radius 1 is 0.412 bits per heavy atom. The van der Waals surface area contributed by atoms with Crippen LogP contribution >= 0.6 is 24.4 Å². The summed E-state index contributed by atoms with van der Waals surface area (Å²) in [7, 11) is 0. The van der Waals surface area contributed by atoms with Gasteiger partial charge in [-0.3, -0.25) is 0 Å². The smallest absolute Gasteiger partial charge is 0.175 e. The summed E-state index contributed by atoms with van der Waals surface area (Å²) in [5, 5.41) is 13.1. The van der Waals surface area contributed by atoms with Crippen molar-refractivity contribution in [1.29, 1.82) is 0 Å². The molecule has 4 nitrogen and oxygen atoms in total. The van der Waals surface area contributed by atoms with Crippen LogP contribution in [0.1, 0.15) is 0 Å². The van der Waals surface area contributed by atoms with Gasteiger partial charge in [0.2, 0.25) is 0 Å². The van der Waals surface area contributed by atoms with Crippen LogP contribution in [0.15, 0.2) is 97.1 Å². The summed E-state index contributed by atoms with van der Waals surface area (Å²) in [5.41, 5.74) is 5.16.